The van der Waals surface area contributed by atoms with E-state index in [2.05, 4.69) is 16.0 Å². The minimum Gasteiger partial charge on any atom is -0.438 e. The molecule has 0 saturated heterocycles. The second-order valence-electron chi connectivity index (χ2n) is 4.20. The maximum atomic E-state index is 8.89. The summed E-state index contributed by atoms with van der Waals surface area (Å²) < 4.78 is 5.73. The third-order valence-electron chi connectivity index (χ3n) is 2.80. The van der Waals surface area contributed by atoms with Gasteiger partial charge in [0.05, 0.1) is 22.5 Å². The van der Waals surface area contributed by atoms with E-state index in [1.165, 1.54) is 6.33 Å². The Morgan fingerprint density at radius 1 is 1.10 bits per heavy atom. The summed E-state index contributed by atoms with van der Waals surface area (Å²) in [5, 5.41) is 9.65. The van der Waals surface area contributed by atoms with Gasteiger partial charge in [0, 0.05) is 5.69 Å². The molecule has 2 aromatic carbocycles. The molecule has 5 heteroatoms. The number of benzene rings is 2. The van der Waals surface area contributed by atoms with Gasteiger partial charge in [0.1, 0.15) is 12.1 Å². The Morgan fingerprint density at radius 2 is 2.00 bits per heavy atom. The minimum absolute atomic E-state index is 0.435. The summed E-state index contributed by atoms with van der Waals surface area (Å²) >= 11 is 0. The Hall–Kier alpha value is -3.13. The normalized spacial score (nSPS) is 10.2. The molecule has 0 aliphatic heterocycles. The van der Waals surface area contributed by atoms with Gasteiger partial charge in [0.15, 0.2) is 0 Å². The quantitative estimate of drug-likeness (QED) is 0.718. The zero-order chi connectivity index (χ0) is 13.9. The van der Waals surface area contributed by atoms with Crippen LogP contribution in [-0.2, 0) is 0 Å². The Balaban J connectivity index is 2.04. The largest absolute Gasteiger partial charge is 0.438 e. The van der Waals surface area contributed by atoms with E-state index in [-0.39, 0.29) is 0 Å². The lowest BCUT2D eigenvalue weighted by Gasteiger charge is -2.07. The van der Waals surface area contributed by atoms with E-state index in [9.17, 15) is 0 Å². The molecular weight excluding hydrogens is 252 g/mol. The van der Waals surface area contributed by atoms with Gasteiger partial charge in [0.25, 0.3) is 0 Å². The molecular formula is C15H10N4O. The van der Waals surface area contributed by atoms with E-state index in [0.29, 0.717) is 28.4 Å². The first-order valence-corrected chi connectivity index (χ1v) is 5.94. The molecule has 3 rings (SSSR count). The molecule has 0 unspecified atom stereocenters. The lowest BCUT2D eigenvalue weighted by molar-refractivity contribution is 0.468. The summed E-state index contributed by atoms with van der Waals surface area (Å²) in [5.74, 6) is 0.992. The van der Waals surface area contributed by atoms with Crippen LogP contribution in [0.4, 0.5) is 5.69 Å². The van der Waals surface area contributed by atoms with Gasteiger partial charge in [-0.05, 0) is 36.4 Å². The lowest BCUT2D eigenvalue weighted by Crippen LogP contribution is -1.93. The average molecular weight is 262 g/mol. The predicted octanol–water partition coefficient (Wildman–Crippen LogP) is 2.88. The summed E-state index contributed by atoms with van der Waals surface area (Å²) in [7, 11) is 0. The van der Waals surface area contributed by atoms with Gasteiger partial charge < -0.3 is 10.5 Å². The van der Waals surface area contributed by atoms with E-state index in [4.69, 9.17) is 15.7 Å². The van der Waals surface area contributed by atoms with Crippen LogP contribution < -0.4 is 10.5 Å². The zero-order valence-corrected chi connectivity index (χ0v) is 10.4. The van der Waals surface area contributed by atoms with Crippen LogP contribution >= 0.6 is 0 Å². The molecule has 0 amide bonds. The molecule has 0 fully saturated rings. The highest BCUT2D eigenvalue weighted by atomic mass is 16.5. The van der Waals surface area contributed by atoms with Crippen molar-refractivity contribution < 1.29 is 4.74 Å². The number of aromatic nitrogens is 2. The fourth-order valence-electron chi connectivity index (χ4n) is 1.87. The smallest absolute Gasteiger partial charge is 0.230 e. The van der Waals surface area contributed by atoms with Crippen molar-refractivity contribution in [3.05, 3.63) is 54.4 Å². The molecule has 0 atom stereocenters. The van der Waals surface area contributed by atoms with E-state index in [1.54, 1.807) is 36.4 Å². The van der Waals surface area contributed by atoms with Crippen LogP contribution in [0, 0.1) is 11.3 Å². The highest BCUT2D eigenvalue weighted by Crippen LogP contribution is 2.27. The van der Waals surface area contributed by atoms with E-state index in [0.717, 1.165) is 5.39 Å². The Bertz CT molecular complexity index is 823. The number of rotatable bonds is 2. The molecule has 0 radical (unpaired) electrons. The van der Waals surface area contributed by atoms with Crippen molar-refractivity contribution in [2.24, 2.45) is 0 Å². The molecule has 1 aromatic heterocycles. The topological polar surface area (TPSA) is 84.8 Å². The molecule has 5 nitrogen and oxygen atoms in total. The Kier molecular flexibility index (Phi) is 2.90. The van der Waals surface area contributed by atoms with Crippen molar-refractivity contribution in [3.63, 3.8) is 0 Å². The second kappa shape index (κ2) is 4.86. The number of anilines is 1. The summed E-state index contributed by atoms with van der Waals surface area (Å²) in [6.07, 6.45) is 1.42. The van der Waals surface area contributed by atoms with Gasteiger partial charge in [-0.2, -0.15) is 5.26 Å². The third-order valence-corrected chi connectivity index (χ3v) is 2.80. The molecule has 0 aliphatic carbocycles. The number of fused-ring (bicyclic) bond motifs is 1. The summed E-state index contributed by atoms with van der Waals surface area (Å²) in [6, 6.07) is 14.3. The fraction of sp³-hybridized carbons (Fsp3) is 0. The van der Waals surface area contributed by atoms with Crippen molar-refractivity contribution in [3.8, 4) is 17.7 Å². The van der Waals surface area contributed by atoms with E-state index >= 15 is 0 Å². The summed E-state index contributed by atoms with van der Waals surface area (Å²) in [5.41, 5.74) is 7.61. The van der Waals surface area contributed by atoms with E-state index < -0.39 is 0 Å². The molecule has 3 aromatic rings. The van der Waals surface area contributed by atoms with Crippen molar-refractivity contribution in [1.29, 1.82) is 5.26 Å². The molecule has 1 heterocycles. The van der Waals surface area contributed by atoms with Crippen LogP contribution in [0.25, 0.3) is 10.9 Å². The fourth-order valence-corrected chi connectivity index (χ4v) is 1.87. The number of ether oxygens (including phenoxy) is 1. The number of nitrogens with two attached hydrogens (primary N) is 1. The highest BCUT2D eigenvalue weighted by molar-refractivity contribution is 5.85. The van der Waals surface area contributed by atoms with Gasteiger partial charge in [-0.25, -0.2) is 9.97 Å². The van der Waals surface area contributed by atoms with Crippen LogP contribution in [-0.4, -0.2) is 9.97 Å². The average Bonchev–Trinajstić information content (AvgIpc) is 2.47. The summed E-state index contributed by atoms with van der Waals surface area (Å²) in [4.78, 5) is 8.28. The first kappa shape index (κ1) is 11.9. The summed E-state index contributed by atoms with van der Waals surface area (Å²) in [6.45, 7) is 0. The van der Waals surface area contributed by atoms with Gasteiger partial charge in [-0.1, -0.05) is 6.07 Å². The lowest BCUT2D eigenvalue weighted by atomic mass is 10.2. The molecule has 0 saturated carbocycles. The standard InChI is InChI=1S/C15H10N4O/c16-8-10-2-1-3-12(6-10)20-15-13-5-4-11(17)7-14(13)18-9-19-15/h1-7,9H,17H2. The van der Waals surface area contributed by atoms with Gasteiger partial charge in [0.2, 0.25) is 5.88 Å². The van der Waals surface area contributed by atoms with E-state index in [1.807, 2.05) is 6.07 Å². The number of nitrogen functional groups attached to an aromatic ring is 1. The molecule has 0 spiro atoms. The second-order valence-corrected chi connectivity index (χ2v) is 4.20. The predicted molar refractivity (Wildman–Crippen MR) is 75.2 cm³/mol. The first-order valence-electron chi connectivity index (χ1n) is 5.94. The molecule has 20 heavy (non-hydrogen) atoms. The number of hydrogen-bond donors (Lipinski definition) is 1. The van der Waals surface area contributed by atoms with Crippen molar-refractivity contribution in [1.82, 2.24) is 9.97 Å². The number of hydrogen-bond acceptors (Lipinski definition) is 5. The maximum Gasteiger partial charge on any atom is 0.230 e. The number of nitriles is 1. The molecule has 0 aliphatic rings. The minimum atomic E-state index is 0.435. The molecule has 96 valence electrons. The van der Waals surface area contributed by atoms with Gasteiger partial charge >= 0.3 is 0 Å². The Labute approximate surface area is 115 Å². The van der Waals surface area contributed by atoms with Crippen molar-refractivity contribution >= 4 is 16.6 Å². The van der Waals surface area contributed by atoms with Crippen LogP contribution in [0.15, 0.2) is 48.8 Å². The third kappa shape index (κ3) is 2.22. The van der Waals surface area contributed by atoms with Crippen molar-refractivity contribution in [2.45, 2.75) is 0 Å². The van der Waals surface area contributed by atoms with Crippen molar-refractivity contribution in [2.75, 3.05) is 5.73 Å². The maximum absolute atomic E-state index is 8.89. The van der Waals surface area contributed by atoms with Crippen LogP contribution in [0.2, 0.25) is 0 Å². The van der Waals surface area contributed by atoms with Crippen LogP contribution in [0.1, 0.15) is 5.56 Å². The van der Waals surface area contributed by atoms with Crippen LogP contribution in [0.5, 0.6) is 11.6 Å². The first-order chi connectivity index (χ1) is 9.76. The van der Waals surface area contributed by atoms with Gasteiger partial charge in [-0.3, -0.25) is 0 Å². The SMILES string of the molecule is N#Cc1cccc(Oc2ncnc3cc(N)ccc23)c1. The van der Waals surface area contributed by atoms with Crippen LogP contribution in [0.3, 0.4) is 0 Å². The molecule has 0 bridgehead atoms. The highest BCUT2D eigenvalue weighted by Gasteiger charge is 2.06. The monoisotopic (exact) mass is 262 g/mol. The molecule has 2 N–H and O–H groups in total. The zero-order valence-electron chi connectivity index (χ0n) is 10.4. The Morgan fingerprint density at radius 3 is 2.85 bits per heavy atom. The van der Waals surface area contributed by atoms with Gasteiger partial charge in [-0.15, -0.1) is 0 Å². The number of nitrogens with zero attached hydrogens (tertiary/aromatic N) is 3.